The van der Waals surface area contributed by atoms with Crippen LogP contribution in [0.15, 0.2) is 12.2 Å². The molecule has 1 heteroatoms. The van der Waals surface area contributed by atoms with Crippen LogP contribution in [-0.2, 0) is 0 Å². The predicted molar refractivity (Wildman–Crippen MR) is 47.3 cm³/mol. The van der Waals surface area contributed by atoms with Crippen LogP contribution in [0.4, 0.5) is 0 Å². The van der Waals surface area contributed by atoms with Crippen molar-refractivity contribution in [2.45, 2.75) is 30.8 Å². The fourth-order valence-electron chi connectivity index (χ4n) is 1.96. The third-order valence-electron chi connectivity index (χ3n) is 2.63. The molecule has 2 aliphatic heterocycles. The van der Waals surface area contributed by atoms with Gasteiger partial charge in [-0.05, 0) is 18.3 Å². The summed E-state index contributed by atoms with van der Waals surface area (Å²) < 4.78 is 0. The molecular formula is C9H14S. The topological polar surface area (TPSA) is 0 Å². The van der Waals surface area contributed by atoms with E-state index < -0.39 is 0 Å². The average Bonchev–Trinajstić information content (AvgIpc) is 2.44. The van der Waals surface area contributed by atoms with Gasteiger partial charge in [-0.2, -0.15) is 0 Å². The summed E-state index contributed by atoms with van der Waals surface area (Å²) >= 11 is 2.16. The fraction of sp³-hybridized carbons (Fsp3) is 0.778. The van der Waals surface area contributed by atoms with Gasteiger partial charge in [0.15, 0.2) is 0 Å². The zero-order chi connectivity index (χ0) is 7.14. The van der Waals surface area contributed by atoms with Crippen LogP contribution in [0.3, 0.4) is 0 Å². The molecule has 3 unspecified atom stereocenters. The Morgan fingerprint density at radius 1 is 1.40 bits per heavy atom. The van der Waals surface area contributed by atoms with Gasteiger partial charge in [0.1, 0.15) is 0 Å². The standard InChI is InChI=1S/C9H14S/c1-6(2)8-5-7-3-4-9(8)10-7/h3-4,6-9H,5H2,1-2H3. The Morgan fingerprint density at radius 2 is 2.20 bits per heavy atom. The van der Waals surface area contributed by atoms with Crippen molar-refractivity contribution in [1.29, 1.82) is 0 Å². The molecule has 1 saturated heterocycles. The van der Waals surface area contributed by atoms with E-state index in [0.29, 0.717) is 0 Å². The van der Waals surface area contributed by atoms with Crippen molar-refractivity contribution in [2.75, 3.05) is 0 Å². The molecule has 2 heterocycles. The van der Waals surface area contributed by atoms with Crippen molar-refractivity contribution < 1.29 is 0 Å². The number of fused-ring (bicyclic) bond motifs is 2. The first-order chi connectivity index (χ1) is 4.77. The summed E-state index contributed by atoms with van der Waals surface area (Å²) in [5.41, 5.74) is 0. The van der Waals surface area contributed by atoms with E-state index in [1.54, 1.807) is 0 Å². The zero-order valence-corrected chi connectivity index (χ0v) is 7.40. The Bertz CT molecular complexity index is 160. The lowest BCUT2D eigenvalue weighted by atomic mass is 9.85. The molecule has 0 aliphatic carbocycles. The molecule has 0 radical (unpaired) electrons. The molecule has 10 heavy (non-hydrogen) atoms. The summed E-state index contributed by atoms with van der Waals surface area (Å²) in [5.74, 6) is 1.85. The van der Waals surface area contributed by atoms with Gasteiger partial charge in [0.25, 0.3) is 0 Å². The number of hydrogen-bond acceptors (Lipinski definition) is 1. The largest absolute Gasteiger partial charge is 0.147 e. The lowest BCUT2D eigenvalue weighted by Crippen LogP contribution is -2.17. The van der Waals surface area contributed by atoms with E-state index in [2.05, 4.69) is 37.8 Å². The normalized spacial score (nSPS) is 43.7. The van der Waals surface area contributed by atoms with Gasteiger partial charge in [-0.15, -0.1) is 11.8 Å². The van der Waals surface area contributed by atoms with Gasteiger partial charge in [-0.25, -0.2) is 0 Å². The molecule has 0 aromatic heterocycles. The van der Waals surface area contributed by atoms with Crippen molar-refractivity contribution in [1.82, 2.24) is 0 Å². The van der Waals surface area contributed by atoms with Crippen LogP contribution in [0.5, 0.6) is 0 Å². The Balaban J connectivity index is 2.09. The molecule has 2 bridgehead atoms. The monoisotopic (exact) mass is 154 g/mol. The highest BCUT2D eigenvalue weighted by Gasteiger charge is 2.37. The molecule has 0 aromatic carbocycles. The lowest BCUT2D eigenvalue weighted by Gasteiger charge is -2.20. The van der Waals surface area contributed by atoms with Crippen LogP contribution < -0.4 is 0 Å². The summed E-state index contributed by atoms with van der Waals surface area (Å²) in [6.07, 6.45) is 6.22. The van der Waals surface area contributed by atoms with Gasteiger partial charge in [0, 0.05) is 10.5 Å². The highest BCUT2D eigenvalue weighted by Crippen LogP contribution is 2.47. The van der Waals surface area contributed by atoms with Crippen molar-refractivity contribution in [3.8, 4) is 0 Å². The van der Waals surface area contributed by atoms with Crippen molar-refractivity contribution in [2.24, 2.45) is 11.8 Å². The van der Waals surface area contributed by atoms with E-state index in [4.69, 9.17) is 0 Å². The summed E-state index contributed by atoms with van der Waals surface area (Å²) in [6.45, 7) is 4.69. The molecule has 0 N–H and O–H groups in total. The molecule has 0 spiro atoms. The van der Waals surface area contributed by atoms with Crippen LogP contribution in [0.2, 0.25) is 0 Å². The van der Waals surface area contributed by atoms with Gasteiger partial charge in [0.05, 0.1) is 0 Å². The Labute approximate surface area is 67.1 Å². The van der Waals surface area contributed by atoms with Crippen molar-refractivity contribution in [3.05, 3.63) is 12.2 Å². The lowest BCUT2D eigenvalue weighted by molar-refractivity contribution is 0.385. The Hall–Kier alpha value is 0.0900. The molecular weight excluding hydrogens is 140 g/mol. The molecule has 2 aliphatic rings. The molecule has 2 rings (SSSR count). The highest BCUT2D eigenvalue weighted by atomic mass is 32.2. The van der Waals surface area contributed by atoms with Crippen LogP contribution >= 0.6 is 11.8 Å². The first-order valence-electron chi connectivity index (χ1n) is 4.11. The maximum absolute atomic E-state index is 2.41. The molecule has 0 aromatic rings. The molecule has 0 saturated carbocycles. The molecule has 56 valence electrons. The SMILES string of the molecule is CC(C)C1CC2C=CC1S2. The average molecular weight is 154 g/mol. The smallest absolute Gasteiger partial charge is 0.0264 e. The Morgan fingerprint density at radius 3 is 2.50 bits per heavy atom. The first-order valence-corrected chi connectivity index (χ1v) is 5.05. The third-order valence-corrected chi connectivity index (χ3v) is 4.15. The van der Waals surface area contributed by atoms with Gasteiger partial charge in [0.2, 0.25) is 0 Å². The van der Waals surface area contributed by atoms with Gasteiger partial charge in [-0.3, -0.25) is 0 Å². The van der Waals surface area contributed by atoms with E-state index >= 15 is 0 Å². The van der Waals surface area contributed by atoms with E-state index in [1.165, 1.54) is 6.42 Å². The van der Waals surface area contributed by atoms with Crippen molar-refractivity contribution in [3.63, 3.8) is 0 Å². The minimum atomic E-state index is 0.866. The predicted octanol–water partition coefficient (Wildman–Crippen LogP) is 2.70. The quantitative estimate of drug-likeness (QED) is 0.523. The minimum Gasteiger partial charge on any atom is -0.147 e. The second-order valence-corrected chi connectivity index (χ2v) is 5.09. The maximum atomic E-state index is 2.41. The highest BCUT2D eigenvalue weighted by molar-refractivity contribution is 8.01. The molecule has 0 nitrogen and oxygen atoms in total. The van der Waals surface area contributed by atoms with Gasteiger partial charge < -0.3 is 0 Å². The van der Waals surface area contributed by atoms with Crippen LogP contribution in [0.25, 0.3) is 0 Å². The third kappa shape index (κ3) is 0.914. The second-order valence-electron chi connectivity index (χ2n) is 3.67. The minimum absolute atomic E-state index is 0.866. The van der Waals surface area contributed by atoms with Gasteiger partial charge >= 0.3 is 0 Å². The van der Waals surface area contributed by atoms with E-state index in [1.807, 2.05) is 0 Å². The van der Waals surface area contributed by atoms with Crippen molar-refractivity contribution >= 4 is 11.8 Å². The maximum Gasteiger partial charge on any atom is 0.0264 e. The molecule has 3 atom stereocenters. The summed E-state index contributed by atoms with van der Waals surface area (Å²) in [7, 11) is 0. The molecule has 1 fully saturated rings. The number of rotatable bonds is 1. The summed E-state index contributed by atoms with van der Waals surface area (Å²) in [4.78, 5) is 0. The second kappa shape index (κ2) is 2.30. The van der Waals surface area contributed by atoms with E-state index in [0.717, 1.165) is 22.3 Å². The number of hydrogen-bond donors (Lipinski definition) is 0. The van der Waals surface area contributed by atoms with Crippen LogP contribution in [0.1, 0.15) is 20.3 Å². The zero-order valence-electron chi connectivity index (χ0n) is 6.58. The summed E-state index contributed by atoms with van der Waals surface area (Å²) in [5, 5.41) is 1.74. The van der Waals surface area contributed by atoms with Crippen LogP contribution in [0, 0.1) is 11.8 Å². The van der Waals surface area contributed by atoms with Gasteiger partial charge in [-0.1, -0.05) is 26.0 Å². The molecule has 0 amide bonds. The van der Waals surface area contributed by atoms with Crippen LogP contribution in [-0.4, -0.2) is 10.5 Å². The van der Waals surface area contributed by atoms with E-state index in [9.17, 15) is 0 Å². The Kier molecular flexibility index (Phi) is 1.56. The summed E-state index contributed by atoms with van der Waals surface area (Å²) in [6, 6.07) is 0. The first kappa shape index (κ1) is 6.78. The number of thioether (sulfide) groups is 1. The van der Waals surface area contributed by atoms with E-state index in [-0.39, 0.29) is 0 Å². The fourth-order valence-corrected chi connectivity index (χ4v) is 3.68.